The Bertz CT molecular complexity index is 329. The number of hydrogen-bond donors (Lipinski definition) is 3. The minimum absolute atomic E-state index is 0.0461. The number of rotatable bonds is 5. The molecule has 0 saturated heterocycles. The molecule has 0 fully saturated rings. The summed E-state index contributed by atoms with van der Waals surface area (Å²) in [6.07, 6.45) is 0. The van der Waals surface area contributed by atoms with Crippen molar-refractivity contribution >= 4 is 11.4 Å². The molecular formula is C10H16N2O3. The van der Waals surface area contributed by atoms with Crippen molar-refractivity contribution in [3.8, 4) is 11.5 Å². The van der Waals surface area contributed by atoms with Crippen LogP contribution in [0.5, 0.6) is 11.5 Å². The van der Waals surface area contributed by atoms with Gasteiger partial charge in [0.05, 0.1) is 19.4 Å². The summed E-state index contributed by atoms with van der Waals surface area (Å²) >= 11 is 0. The third kappa shape index (κ3) is 2.44. The standard InChI is InChI=1S/C10H16N2O3/c1-12-7-3-4-8(15-6-5-13)9(11)10(7)14-2/h3-4,12-13H,5-6,11H2,1-2H3. The molecule has 0 aliphatic heterocycles. The van der Waals surface area contributed by atoms with E-state index in [4.69, 9.17) is 20.3 Å². The number of hydrogen-bond acceptors (Lipinski definition) is 5. The highest BCUT2D eigenvalue weighted by Crippen LogP contribution is 2.37. The molecule has 4 N–H and O–H groups in total. The van der Waals surface area contributed by atoms with E-state index in [2.05, 4.69) is 5.32 Å². The van der Waals surface area contributed by atoms with Gasteiger partial charge in [0.2, 0.25) is 0 Å². The molecule has 0 spiro atoms. The van der Waals surface area contributed by atoms with Crippen LogP contribution in [0.25, 0.3) is 0 Å². The average Bonchev–Trinajstić information content (AvgIpc) is 2.27. The van der Waals surface area contributed by atoms with E-state index in [1.165, 1.54) is 0 Å². The van der Waals surface area contributed by atoms with E-state index in [1.54, 1.807) is 20.2 Å². The number of nitrogens with one attached hydrogen (secondary N) is 1. The van der Waals surface area contributed by atoms with E-state index in [9.17, 15) is 0 Å². The topological polar surface area (TPSA) is 76.7 Å². The van der Waals surface area contributed by atoms with E-state index >= 15 is 0 Å². The van der Waals surface area contributed by atoms with E-state index < -0.39 is 0 Å². The number of methoxy groups -OCH3 is 1. The Labute approximate surface area is 88.8 Å². The molecule has 0 aliphatic carbocycles. The van der Waals surface area contributed by atoms with E-state index in [0.717, 1.165) is 5.69 Å². The monoisotopic (exact) mass is 212 g/mol. The molecule has 0 aromatic heterocycles. The van der Waals surface area contributed by atoms with Gasteiger partial charge in [0.25, 0.3) is 0 Å². The Kier molecular flexibility index (Phi) is 4.05. The summed E-state index contributed by atoms with van der Waals surface area (Å²) in [5, 5.41) is 11.6. The second kappa shape index (κ2) is 5.31. The van der Waals surface area contributed by atoms with Gasteiger partial charge in [0.15, 0.2) is 5.75 Å². The predicted molar refractivity (Wildman–Crippen MR) is 59.5 cm³/mol. The van der Waals surface area contributed by atoms with Gasteiger partial charge in [-0.15, -0.1) is 0 Å². The molecule has 84 valence electrons. The van der Waals surface area contributed by atoms with Crippen LogP contribution in [-0.2, 0) is 0 Å². The third-order valence-electron chi connectivity index (χ3n) is 1.98. The highest BCUT2D eigenvalue weighted by molar-refractivity contribution is 5.74. The minimum atomic E-state index is -0.0461. The quantitative estimate of drug-likeness (QED) is 0.626. The van der Waals surface area contributed by atoms with Crippen molar-refractivity contribution in [1.82, 2.24) is 0 Å². The summed E-state index contributed by atoms with van der Waals surface area (Å²) in [4.78, 5) is 0. The fraction of sp³-hybridized carbons (Fsp3) is 0.400. The Hall–Kier alpha value is -1.62. The molecule has 0 radical (unpaired) electrons. The second-order valence-electron chi connectivity index (χ2n) is 2.88. The van der Waals surface area contributed by atoms with E-state index in [0.29, 0.717) is 17.2 Å². The third-order valence-corrected chi connectivity index (χ3v) is 1.98. The minimum Gasteiger partial charge on any atom is -0.492 e. The molecule has 1 aromatic rings. The van der Waals surface area contributed by atoms with Crippen LogP contribution in [0.3, 0.4) is 0 Å². The smallest absolute Gasteiger partial charge is 0.168 e. The molecule has 0 aliphatic rings. The van der Waals surface area contributed by atoms with Crippen LogP contribution in [0.1, 0.15) is 0 Å². The lowest BCUT2D eigenvalue weighted by molar-refractivity contribution is 0.201. The fourth-order valence-corrected chi connectivity index (χ4v) is 1.28. The molecule has 15 heavy (non-hydrogen) atoms. The Morgan fingerprint density at radius 3 is 2.73 bits per heavy atom. The molecular weight excluding hydrogens is 196 g/mol. The van der Waals surface area contributed by atoms with Crippen LogP contribution in [-0.4, -0.2) is 32.5 Å². The normalized spacial score (nSPS) is 9.80. The van der Waals surface area contributed by atoms with Crippen molar-refractivity contribution in [3.63, 3.8) is 0 Å². The summed E-state index contributed by atoms with van der Waals surface area (Å²) < 4.78 is 10.4. The molecule has 0 unspecified atom stereocenters. The summed E-state index contributed by atoms with van der Waals surface area (Å²) in [6, 6.07) is 3.54. The van der Waals surface area contributed by atoms with Gasteiger partial charge >= 0.3 is 0 Å². The number of ether oxygens (including phenoxy) is 2. The lowest BCUT2D eigenvalue weighted by Crippen LogP contribution is -2.06. The maximum Gasteiger partial charge on any atom is 0.168 e. The summed E-state index contributed by atoms with van der Waals surface area (Å²) in [5.41, 5.74) is 7.07. The zero-order valence-electron chi connectivity index (χ0n) is 8.91. The highest BCUT2D eigenvalue weighted by atomic mass is 16.5. The lowest BCUT2D eigenvalue weighted by Gasteiger charge is -2.14. The number of anilines is 2. The largest absolute Gasteiger partial charge is 0.492 e. The molecule has 1 aromatic carbocycles. The van der Waals surface area contributed by atoms with Crippen molar-refractivity contribution in [1.29, 1.82) is 0 Å². The molecule has 5 heteroatoms. The van der Waals surface area contributed by atoms with Gasteiger partial charge in [-0.05, 0) is 12.1 Å². The van der Waals surface area contributed by atoms with E-state index in [-0.39, 0.29) is 13.2 Å². The van der Waals surface area contributed by atoms with Crippen molar-refractivity contribution in [2.24, 2.45) is 0 Å². The van der Waals surface area contributed by atoms with Crippen LogP contribution in [0.15, 0.2) is 12.1 Å². The lowest BCUT2D eigenvalue weighted by atomic mass is 10.2. The number of nitrogen functional groups attached to an aromatic ring is 1. The maximum atomic E-state index is 8.64. The summed E-state index contributed by atoms with van der Waals surface area (Å²) in [7, 11) is 3.33. The highest BCUT2D eigenvalue weighted by Gasteiger charge is 2.11. The van der Waals surface area contributed by atoms with Gasteiger partial charge in [0.1, 0.15) is 18.0 Å². The van der Waals surface area contributed by atoms with Gasteiger partial charge in [-0.25, -0.2) is 0 Å². The molecule has 0 bridgehead atoms. The number of nitrogens with two attached hydrogens (primary N) is 1. The molecule has 0 heterocycles. The Balaban J connectivity index is 3.00. The van der Waals surface area contributed by atoms with Crippen LogP contribution >= 0.6 is 0 Å². The van der Waals surface area contributed by atoms with Crippen LogP contribution in [0, 0.1) is 0 Å². The number of aliphatic hydroxyl groups excluding tert-OH is 1. The summed E-state index contributed by atoms with van der Waals surface area (Å²) in [5.74, 6) is 1.06. The van der Waals surface area contributed by atoms with Crippen LogP contribution in [0.2, 0.25) is 0 Å². The van der Waals surface area contributed by atoms with Crippen molar-refractivity contribution in [2.45, 2.75) is 0 Å². The SMILES string of the molecule is CNc1ccc(OCCO)c(N)c1OC. The Morgan fingerprint density at radius 1 is 1.47 bits per heavy atom. The van der Waals surface area contributed by atoms with Crippen LogP contribution in [0.4, 0.5) is 11.4 Å². The Morgan fingerprint density at radius 2 is 2.20 bits per heavy atom. The van der Waals surface area contributed by atoms with Gasteiger partial charge in [-0.3, -0.25) is 0 Å². The average molecular weight is 212 g/mol. The molecule has 0 atom stereocenters. The zero-order chi connectivity index (χ0) is 11.3. The fourth-order valence-electron chi connectivity index (χ4n) is 1.28. The van der Waals surface area contributed by atoms with E-state index in [1.807, 2.05) is 6.07 Å². The van der Waals surface area contributed by atoms with Gasteiger partial charge in [0, 0.05) is 7.05 Å². The zero-order valence-corrected chi connectivity index (χ0v) is 8.91. The first kappa shape index (κ1) is 11.5. The number of aliphatic hydroxyl groups is 1. The van der Waals surface area contributed by atoms with Crippen LogP contribution < -0.4 is 20.5 Å². The van der Waals surface area contributed by atoms with Crippen molar-refractivity contribution in [3.05, 3.63) is 12.1 Å². The molecule has 1 rings (SSSR count). The van der Waals surface area contributed by atoms with Crippen molar-refractivity contribution in [2.75, 3.05) is 38.4 Å². The first-order valence-electron chi connectivity index (χ1n) is 4.62. The first-order valence-corrected chi connectivity index (χ1v) is 4.62. The van der Waals surface area contributed by atoms with Gasteiger partial charge in [-0.2, -0.15) is 0 Å². The molecule has 0 amide bonds. The summed E-state index contributed by atoms with van der Waals surface area (Å²) in [6.45, 7) is 0.168. The predicted octanol–water partition coefficient (Wildman–Crippen LogP) is 0.690. The molecule has 5 nitrogen and oxygen atoms in total. The van der Waals surface area contributed by atoms with Gasteiger partial charge < -0.3 is 25.6 Å². The first-order chi connectivity index (χ1) is 7.24. The number of benzene rings is 1. The molecule has 0 saturated carbocycles. The maximum absolute atomic E-state index is 8.64. The second-order valence-corrected chi connectivity index (χ2v) is 2.88. The van der Waals surface area contributed by atoms with Gasteiger partial charge in [-0.1, -0.05) is 0 Å². The van der Waals surface area contributed by atoms with Crippen molar-refractivity contribution < 1.29 is 14.6 Å².